The highest BCUT2D eigenvalue weighted by molar-refractivity contribution is 5.92. The summed E-state index contributed by atoms with van der Waals surface area (Å²) in [5, 5.41) is 15.2. The molecule has 1 aliphatic rings. The van der Waals surface area contributed by atoms with Gasteiger partial charge in [-0.3, -0.25) is 15.1 Å². The van der Waals surface area contributed by atoms with Gasteiger partial charge in [-0.2, -0.15) is 0 Å². The molecule has 0 unspecified atom stereocenters. The van der Waals surface area contributed by atoms with Crippen molar-refractivity contribution in [2.24, 2.45) is 7.05 Å². The standard InChI is InChI=1S/C26H30N8O3/c1-31(2)17-8-12-33(13-9-17)22-15-24(37-4)20(14-23(22)34(35)36)30-26-28-11-7-19(29-26)18-16-32(3)21-6-5-10-27-25(18)21/h5-7,10-11,14-17H,8-9,12-13H2,1-4H3,(H,28,29,30). The molecule has 11 heteroatoms. The molecular formula is C26H30N8O3. The first-order valence-electron chi connectivity index (χ1n) is 12.1. The molecule has 0 aliphatic carbocycles. The number of methoxy groups -OCH3 is 1. The molecule has 0 radical (unpaired) electrons. The third-order valence-electron chi connectivity index (χ3n) is 6.95. The number of nitrogens with zero attached hydrogens (tertiary/aromatic N) is 7. The van der Waals surface area contributed by atoms with Gasteiger partial charge in [0.2, 0.25) is 5.95 Å². The molecule has 4 aromatic rings. The Kier molecular flexibility index (Phi) is 6.62. The first-order chi connectivity index (χ1) is 17.9. The van der Waals surface area contributed by atoms with Crippen molar-refractivity contribution in [2.75, 3.05) is 44.5 Å². The second-order valence-electron chi connectivity index (χ2n) is 9.40. The topological polar surface area (TPSA) is 114 Å². The summed E-state index contributed by atoms with van der Waals surface area (Å²) >= 11 is 0. The molecule has 11 nitrogen and oxygen atoms in total. The number of aryl methyl sites for hydroxylation is 1. The number of nitrogens with one attached hydrogen (secondary N) is 1. The van der Waals surface area contributed by atoms with Crippen LogP contribution in [0.4, 0.5) is 23.0 Å². The van der Waals surface area contributed by atoms with Crippen molar-refractivity contribution in [2.45, 2.75) is 18.9 Å². The van der Waals surface area contributed by atoms with E-state index in [4.69, 9.17) is 4.74 Å². The van der Waals surface area contributed by atoms with Gasteiger partial charge in [-0.05, 0) is 45.1 Å². The van der Waals surface area contributed by atoms with Gasteiger partial charge in [0.1, 0.15) is 11.4 Å². The fraction of sp³-hybridized carbons (Fsp3) is 0.346. The lowest BCUT2D eigenvalue weighted by molar-refractivity contribution is -0.384. The van der Waals surface area contributed by atoms with Gasteiger partial charge in [0, 0.05) is 62.5 Å². The Morgan fingerprint density at radius 1 is 1.16 bits per heavy atom. The van der Waals surface area contributed by atoms with E-state index >= 15 is 0 Å². The molecule has 3 aromatic heterocycles. The molecule has 5 rings (SSSR count). The normalized spacial score (nSPS) is 14.4. The monoisotopic (exact) mass is 502 g/mol. The van der Waals surface area contributed by atoms with E-state index in [1.54, 1.807) is 25.6 Å². The molecule has 0 bridgehead atoms. The van der Waals surface area contributed by atoms with Crippen LogP contribution in [0.15, 0.2) is 48.9 Å². The van der Waals surface area contributed by atoms with Gasteiger partial charge in [0.15, 0.2) is 0 Å². The van der Waals surface area contributed by atoms with Crippen molar-refractivity contribution in [1.29, 1.82) is 0 Å². The van der Waals surface area contributed by atoms with Gasteiger partial charge < -0.3 is 24.4 Å². The average molecular weight is 503 g/mol. The minimum Gasteiger partial charge on any atom is -0.494 e. The maximum Gasteiger partial charge on any atom is 0.294 e. The molecule has 1 fully saturated rings. The number of hydrogen-bond donors (Lipinski definition) is 1. The molecule has 1 aromatic carbocycles. The van der Waals surface area contributed by atoms with Crippen molar-refractivity contribution in [3.63, 3.8) is 0 Å². The van der Waals surface area contributed by atoms with Crippen LogP contribution in [0.3, 0.4) is 0 Å². The lowest BCUT2D eigenvalue weighted by Crippen LogP contribution is -2.42. The number of nitro groups is 1. The van der Waals surface area contributed by atoms with Crippen LogP contribution < -0.4 is 15.0 Å². The second kappa shape index (κ2) is 10.0. The number of pyridine rings is 1. The second-order valence-corrected chi connectivity index (χ2v) is 9.40. The lowest BCUT2D eigenvalue weighted by atomic mass is 10.0. The molecule has 0 atom stereocenters. The maximum atomic E-state index is 12.1. The summed E-state index contributed by atoms with van der Waals surface area (Å²) in [7, 11) is 7.65. The van der Waals surface area contributed by atoms with E-state index in [0.29, 0.717) is 34.8 Å². The Bertz CT molecular complexity index is 1440. The Balaban J connectivity index is 1.47. The Hall–Kier alpha value is -4.25. The third-order valence-corrected chi connectivity index (χ3v) is 6.95. The molecule has 37 heavy (non-hydrogen) atoms. The molecular weight excluding hydrogens is 472 g/mol. The van der Waals surface area contributed by atoms with Crippen LogP contribution in [0.1, 0.15) is 12.8 Å². The van der Waals surface area contributed by atoms with Gasteiger partial charge in [0.25, 0.3) is 5.69 Å². The zero-order chi connectivity index (χ0) is 26.1. The number of nitro benzene ring substituents is 1. The van der Waals surface area contributed by atoms with E-state index in [1.807, 2.05) is 36.0 Å². The van der Waals surface area contributed by atoms with E-state index < -0.39 is 0 Å². The lowest BCUT2D eigenvalue weighted by Gasteiger charge is -2.36. The number of hydrogen-bond acceptors (Lipinski definition) is 9. The van der Waals surface area contributed by atoms with Crippen LogP contribution in [-0.2, 0) is 7.05 Å². The van der Waals surface area contributed by atoms with Gasteiger partial charge in [0.05, 0.1) is 34.4 Å². The zero-order valence-corrected chi connectivity index (χ0v) is 21.4. The number of aromatic nitrogens is 4. The molecule has 4 heterocycles. The van der Waals surface area contributed by atoms with E-state index in [0.717, 1.165) is 42.5 Å². The molecule has 192 valence electrons. The Labute approximate surface area is 214 Å². The Morgan fingerprint density at radius 3 is 2.65 bits per heavy atom. The molecule has 1 saturated heterocycles. The number of piperidine rings is 1. The van der Waals surface area contributed by atoms with Gasteiger partial charge in [-0.15, -0.1) is 0 Å². The number of rotatable bonds is 7. The smallest absolute Gasteiger partial charge is 0.294 e. The number of anilines is 3. The highest BCUT2D eigenvalue weighted by Crippen LogP contribution is 2.40. The molecule has 0 saturated carbocycles. The van der Waals surface area contributed by atoms with Crippen LogP contribution in [-0.4, -0.2) is 69.7 Å². The van der Waals surface area contributed by atoms with Crippen LogP contribution in [0, 0.1) is 10.1 Å². The number of fused-ring (bicyclic) bond motifs is 1. The SMILES string of the molecule is COc1cc(N2CCC(N(C)C)CC2)c([N+](=O)[O-])cc1Nc1nccc(-c2cn(C)c3cccnc23)n1. The van der Waals surface area contributed by atoms with Gasteiger partial charge in [-0.1, -0.05) is 0 Å². The largest absolute Gasteiger partial charge is 0.494 e. The van der Waals surface area contributed by atoms with Crippen molar-refractivity contribution >= 4 is 34.0 Å². The van der Waals surface area contributed by atoms with E-state index in [-0.39, 0.29) is 10.6 Å². The van der Waals surface area contributed by atoms with E-state index in [1.165, 1.54) is 6.07 Å². The Morgan fingerprint density at radius 2 is 1.95 bits per heavy atom. The molecule has 0 spiro atoms. The van der Waals surface area contributed by atoms with Crippen LogP contribution in [0.2, 0.25) is 0 Å². The van der Waals surface area contributed by atoms with Crippen molar-refractivity contribution < 1.29 is 9.66 Å². The summed E-state index contributed by atoms with van der Waals surface area (Å²) in [6, 6.07) is 9.41. The average Bonchev–Trinajstić information content (AvgIpc) is 3.25. The van der Waals surface area contributed by atoms with Gasteiger partial charge >= 0.3 is 0 Å². The van der Waals surface area contributed by atoms with Crippen molar-refractivity contribution in [3.8, 4) is 17.0 Å². The third kappa shape index (κ3) is 4.77. The summed E-state index contributed by atoms with van der Waals surface area (Å²) in [5.74, 6) is 0.786. The van der Waals surface area contributed by atoms with Crippen molar-refractivity contribution in [1.82, 2.24) is 24.4 Å². The zero-order valence-electron chi connectivity index (χ0n) is 21.4. The fourth-order valence-electron chi connectivity index (χ4n) is 4.94. The molecule has 0 amide bonds. The highest BCUT2D eigenvalue weighted by Gasteiger charge is 2.28. The minimum atomic E-state index is -0.350. The summed E-state index contributed by atoms with van der Waals surface area (Å²) in [6.45, 7) is 1.48. The van der Waals surface area contributed by atoms with E-state index in [2.05, 4.69) is 44.2 Å². The quantitative estimate of drug-likeness (QED) is 0.293. The summed E-state index contributed by atoms with van der Waals surface area (Å²) in [6.07, 6.45) is 7.26. The van der Waals surface area contributed by atoms with Gasteiger partial charge in [-0.25, -0.2) is 9.97 Å². The predicted octanol–water partition coefficient (Wildman–Crippen LogP) is 4.22. The predicted molar refractivity (Wildman–Crippen MR) is 144 cm³/mol. The first-order valence-corrected chi connectivity index (χ1v) is 12.1. The summed E-state index contributed by atoms with van der Waals surface area (Å²) < 4.78 is 7.63. The first kappa shape index (κ1) is 24.4. The maximum absolute atomic E-state index is 12.1. The van der Waals surface area contributed by atoms with Crippen LogP contribution in [0.5, 0.6) is 5.75 Å². The minimum absolute atomic E-state index is 0.0148. The summed E-state index contributed by atoms with van der Waals surface area (Å²) in [4.78, 5) is 29.5. The summed E-state index contributed by atoms with van der Waals surface area (Å²) in [5.41, 5.74) is 4.39. The highest BCUT2D eigenvalue weighted by atomic mass is 16.6. The van der Waals surface area contributed by atoms with Crippen molar-refractivity contribution in [3.05, 3.63) is 59.0 Å². The number of ether oxygens (including phenoxy) is 1. The van der Waals surface area contributed by atoms with Crippen LogP contribution >= 0.6 is 0 Å². The number of benzene rings is 1. The van der Waals surface area contributed by atoms with Crippen LogP contribution in [0.25, 0.3) is 22.3 Å². The van der Waals surface area contributed by atoms with E-state index in [9.17, 15) is 10.1 Å². The fourth-order valence-corrected chi connectivity index (χ4v) is 4.94. The molecule has 1 N–H and O–H groups in total. The molecule has 1 aliphatic heterocycles.